The minimum absolute atomic E-state index is 0.207. The molecule has 0 spiro atoms. The summed E-state index contributed by atoms with van der Waals surface area (Å²) in [5, 5.41) is 1.20. The third-order valence-corrected chi connectivity index (χ3v) is 6.80. The first-order valence-electron chi connectivity index (χ1n) is 8.24. The second-order valence-electron chi connectivity index (χ2n) is 6.38. The smallest absolute Gasteiger partial charge is 0.214 e. The Labute approximate surface area is 138 Å². The maximum Gasteiger partial charge on any atom is 0.214 e. The van der Waals surface area contributed by atoms with Crippen LogP contribution < -0.4 is 0 Å². The number of nitrogens with one attached hydrogen (secondary N) is 1. The summed E-state index contributed by atoms with van der Waals surface area (Å²) in [6.07, 6.45) is 5.75. The van der Waals surface area contributed by atoms with Gasteiger partial charge in [0.1, 0.15) is 0 Å². The van der Waals surface area contributed by atoms with Crippen LogP contribution in [0.4, 0.5) is 0 Å². The molecule has 2 aromatic rings. The maximum absolute atomic E-state index is 12.5. The summed E-state index contributed by atoms with van der Waals surface area (Å²) in [6, 6.07) is 8.21. The lowest BCUT2D eigenvalue weighted by Crippen LogP contribution is -2.37. The van der Waals surface area contributed by atoms with E-state index in [1.54, 1.807) is 4.31 Å². The summed E-state index contributed by atoms with van der Waals surface area (Å²) in [4.78, 5) is 3.29. The molecule has 1 aliphatic rings. The van der Waals surface area contributed by atoms with Crippen molar-refractivity contribution in [3.8, 4) is 0 Å². The molecule has 1 atom stereocenters. The third-order valence-electron chi connectivity index (χ3n) is 4.69. The minimum Gasteiger partial charge on any atom is -0.361 e. The first-order valence-corrected chi connectivity index (χ1v) is 9.85. The minimum atomic E-state index is -3.15. The molecule has 5 heteroatoms. The average molecular weight is 332 g/mol. The van der Waals surface area contributed by atoms with Gasteiger partial charge in [-0.15, -0.1) is 0 Å². The van der Waals surface area contributed by atoms with Crippen LogP contribution in [-0.2, 0) is 10.0 Å². The maximum atomic E-state index is 12.5. The monoisotopic (exact) mass is 332 g/mol. The molecule has 0 saturated carbocycles. The van der Waals surface area contributed by atoms with Gasteiger partial charge in [0, 0.05) is 35.8 Å². The second-order valence-corrected chi connectivity index (χ2v) is 8.39. The molecule has 4 nitrogen and oxygen atoms in total. The summed E-state index contributed by atoms with van der Waals surface area (Å²) < 4.78 is 26.5. The van der Waals surface area contributed by atoms with Gasteiger partial charge in [-0.1, -0.05) is 44.5 Å². The first-order chi connectivity index (χ1) is 11.0. The predicted molar refractivity (Wildman–Crippen MR) is 95.7 cm³/mol. The van der Waals surface area contributed by atoms with E-state index in [1.165, 1.54) is 16.5 Å². The zero-order valence-corrected chi connectivity index (χ0v) is 14.6. The van der Waals surface area contributed by atoms with Gasteiger partial charge < -0.3 is 4.98 Å². The van der Waals surface area contributed by atoms with Gasteiger partial charge in [-0.25, -0.2) is 8.42 Å². The largest absolute Gasteiger partial charge is 0.361 e. The third kappa shape index (κ3) is 3.35. The standard InChI is InChI=1S/C18H24N2O2S/c1-3-14(2)13-23(21,22)20-10-8-15(9-11-20)17-12-19-18-7-5-4-6-16(17)18/h4-8,12,14,19H,3,9-11,13H2,1-2H3/t14-/m1/s1. The lowest BCUT2D eigenvalue weighted by Gasteiger charge is -2.27. The first kappa shape index (κ1) is 16.3. The van der Waals surface area contributed by atoms with Crippen molar-refractivity contribution in [1.82, 2.24) is 9.29 Å². The van der Waals surface area contributed by atoms with E-state index in [9.17, 15) is 8.42 Å². The van der Waals surface area contributed by atoms with E-state index in [4.69, 9.17) is 0 Å². The topological polar surface area (TPSA) is 53.2 Å². The van der Waals surface area contributed by atoms with E-state index in [0.29, 0.717) is 13.1 Å². The number of benzene rings is 1. The van der Waals surface area contributed by atoms with Crippen molar-refractivity contribution < 1.29 is 8.42 Å². The molecule has 0 aliphatic carbocycles. The lowest BCUT2D eigenvalue weighted by molar-refractivity contribution is 0.432. The van der Waals surface area contributed by atoms with E-state index in [1.807, 2.05) is 32.2 Å². The molecule has 0 bridgehead atoms. The summed E-state index contributed by atoms with van der Waals surface area (Å²) in [5.74, 6) is 0.457. The van der Waals surface area contributed by atoms with Gasteiger partial charge in [0.2, 0.25) is 10.0 Å². The molecule has 0 amide bonds. The van der Waals surface area contributed by atoms with Crippen molar-refractivity contribution in [2.75, 3.05) is 18.8 Å². The van der Waals surface area contributed by atoms with Crippen LogP contribution in [-0.4, -0.2) is 36.5 Å². The summed E-state index contributed by atoms with van der Waals surface area (Å²) in [6.45, 7) is 5.08. The summed E-state index contributed by atoms with van der Waals surface area (Å²) >= 11 is 0. The van der Waals surface area contributed by atoms with Crippen molar-refractivity contribution in [2.45, 2.75) is 26.7 Å². The highest BCUT2D eigenvalue weighted by Gasteiger charge is 2.26. The van der Waals surface area contributed by atoms with E-state index in [2.05, 4.69) is 23.2 Å². The number of aromatic nitrogens is 1. The number of fused-ring (bicyclic) bond motifs is 1. The van der Waals surface area contributed by atoms with Crippen LogP contribution in [0.5, 0.6) is 0 Å². The molecule has 1 N–H and O–H groups in total. The molecule has 0 radical (unpaired) electrons. The van der Waals surface area contributed by atoms with Crippen molar-refractivity contribution in [3.63, 3.8) is 0 Å². The molecule has 1 aromatic carbocycles. The molecule has 0 unspecified atom stereocenters. The predicted octanol–water partition coefficient (Wildman–Crippen LogP) is 3.63. The van der Waals surface area contributed by atoms with Gasteiger partial charge in [0.15, 0.2) is 0 Å². The molecule has 0 saturated heterocycles. The Kier molecular flexibility index (Phi) is 4.60. The van der Waals surface area contributed by atoms with E-state index in [-0.39, 0.29) is 11.7 Å². The number of H-pyrrole nitrogens is 1. The highest BCUT2D eigenvalue weighted by molar-refractivity contribution is 7.89. The molecule has 1 aliphatic heterocycles. The Morgan fingerprint density at radius 1 is 1.30 bits per heavy atom. The van der Waals surface area contributed by atoms with Crippen LogP contribution in [0.1, 0.15) is 32.3 Å². The molecular formula is C18H24N2O2S. The van der Waals surface area contributed by atoms with Gasteiger partial charge in [-0.3, -0.25) is 0 Å². The van der Waals surface area contributed by atoms with Gasteiger partial charge in [0.25, 0.3) is 0 Å². The van der Waals surface area contributed by atoms with Crippen molar-refractivity contribution in [1.29, 1.82) is 0 Å². The van der Waals surface area contributed by atoms with Gasteiger partial charge in [0.05, 0.1) is 5.75 Å². The lowest BCUT2D eigenvalue weighted by atomic mass is 10.00. The Bertz CT molecular complexity index is 820. The van der Waals surface area contributed by atoms with Crippen molar-refractivity contribution in [2.24, 2.45) is 5.92 Å². The molecular weight excluding hydrogens is 308 g/mol. The fourth-order valence-corrected chi connectivity index (χ4v) is 4.90. The number of nitrogens with zero attached hydrogens (tertiary/aromatic N) is 1. The van der Waals surface area contributed by atoms with Gasteiger partial charge in [-0.05, 0) is 24.0 Å². The van der Waals surface area contributed by atoms with Crippen LogP contribution in [0.3, 0.4) is 0 Å². The number of rotatable bonds is 5. The van der Waals surface area contributed by atoms with Gasteiger partial charge in [-0.2, -0.15) is 4.31 Å². The molecule has 23 heavy (non-hydrogen) atoms. The average Bonchev–Trinajstić information content (AvgIpc) is 2.98. The molecule has 0 fully saturated rings. The quantitative estimate of drug-likeness (QED) is 0.909. The molecule has 124 valence electrons. The van der Waals surface area contributed by atoms with Crippen LogP contribution in [0, 0.1) is 5.92 Å². The van der Waals surface area contributed by atoms with Gasteiger partial charge >= 0.3 is 0 Å². The van der Waals surface area contributed by atoms with Crippen LogP contribution in [0.25, 0.3) is 16.5 Å². The summed E-state index contributed by atoms with van der Waals surface area (Å²) in [7, 11) is -3.15. The second kappa shape index (κ2) is 6.49. The highest BCUT2D eigenvalue weighted by Crippen LogP contribution is 2.30. The van der Waals surface area contributed by atoms with E-state index in [0.717, 1.165) is 18.4 Å². The Balaban J connectivity index is 1.79. The fraction of sp³-hybridized carbons (Fsp3) is 0.444. The van der Waals surface area contributed by atoms with Crippen molar-refractivity contribution >= 4 is 26.5 Å². The fourth-order valence-electron chi connectivity index (χ4n) is 3.07. The summed E-state index contributed by atoms with van der Waals surface area (Å²) in [5.41, 5.74) is 3.55. The number of aromatic amines is 1. The molecule has 1 aromatic heterocycles. The molecule has 2 heterocycles. The zero-order valence-electron chi connectivity index (χ0n) is 13.7. The van der Waals surface area contributed by atoms with E-state index >= 15 is 0 Å². The number of hydrogen-bond acceptors (Lipinski definition) is 2. The van der Waals surface area contributed by atoms with E-state index < -0.39 is 10.0 Å². The zero-order chi connectivity index (χ0) is 16.4. The number of para-hydroxylation sites is 1. The number of hydrogen-bond donors (Lipinski definition) is 1. The van der Waals surface area contributed by atoms with Crippen LogP contribution in [0.15, 0.2) is 36.5 Å². The Morgan fingerprint density at radius 2 is 2.09 bits per heavy atom. The Morgan fingerprint density at radius 3 is 2.78 bits per heavy atom. The van der Waals surface area contributed by atoms with Crippen molar-refractivity contribution in [3.05, 3.63) is 42.1 Å². The van der Waals surface area contributed by atoms with Crippen LogP contribution >= 0.6 is 0 Å². The van der Waals surface area contributed by atoms with Crippen LogP contribution in [0.2, 0.25) is 0 Å². The molecule has 3 rings (SSSR count). The number of sulfonamides is 1. The SMILES string of the molecule is CC[C@@H](C)CS(=O)(=O)N1CC=C(c2c[nH]c3ccccc23)CC1. The highest BCUT2D eigenvalue weighted by atomic mass is 32.2. The Hall–Kier alpha value is -1.59. The normalized spacial score (nSPS) is 18.1.